The number of benzene rings is 1. The van der Waals surface area contributed by atoms with Gasteiger partial charge in [0.25, 0.3) is 0 Å². The van der Waals surface area contributed by atoms with Crippen molar-refractivity contribution in [2.24, 2.45) is 0 Å². The number of hydrogen-bond acceptors (Lipinski definition) is 2. The highest BCUT2D eigenvalue weighted by molar-refractivity contribution is 5.16. The Kier molecular flexibility index (Phi) is 3.91. The van der Waals surface area contributed by atoms with Gasteiger partial charge < -0.3 is 10.0 Å². The highest BCUT2D eigenvalue weighted by Gasteiger charge is 2.16. The number of hydrogen-bond donors (Lipinski definition) is 1. The van der Waals surface area contributed by atoms with Crippen LogP contribution in [0.4, 0.5) is 4.39 Å². The van der Waals surface area contributed by atoms with Crippen LogP contribution in [0.3, 0.4) is 0 Å². The SMILES string of the molecule is O[C]1CCN(CCc2ccc(F)cc2)CC1. The first-order chi connectivity index (χ1) is 7.74. The van der Waals surface area contributed by atoms with E-state index in [4.69, 9.17) is 0 Å². The monoisotopic (exact) mass is 222 g/mol. The number of likely N-dealkylation sites (tertiary alicyclic amines) is 1. The van der Waals surface area contributed by atoms with Crippen molar-refractivity contribution in [1.82, 2.24) is 4.90 Å². The minimum atomic E-state index is -0.179. The summed E-state index contributed by atoms with van der Waals surface area (Å²) in [4.78, 5) is 2.34. The topological polar surface area (TPSA) is 23.5 Å². The summed E-state index contributed by atoms with van der Waals surface area (Å²) >= 11 is 0. The molecule has 16 heavy (non-hydrogen) atoms. The van der Waals surface area contributed by atoms with Gasteiger partial charge in [-0.3, -0.25) is 0 Å². The molecule has 0 atom stereocenters. The van der Waals surface area contributed by atoms with Crippen LogP contribution in [0.1, 0.15) is 18.4 Å². The number of halogens is 1. The minimum absolute atomic E-state index is 0.179. The standard InChI is InChI=1S/C13H17FNO/c14-12-3-1-11(2-4-12)5-8-15-9-6-13(16)7-10-15/h1-4,16H,5-10H2. The Morgan fingerprint density at radius 2 is 1.75 bits per heavy atom. The predicted molar refractivity (Wildman–Crippen MR) is 61.0 cm³/mol. The molecule has 0 aliphatic carbocycles. The normalized spacial score (nSPS) is 18.9. The van der Waals surface area contributed by atoms with Gasteiger partial charge in [0.15, 0.2) is 0 Å². The molecule has 1 heterocycles. The second-order valence-corrected chi connectivity index (χ2v) is 4.28. The molecule has 0 spiro atoms. The van der Waals surface area contributed by atoms with Gasteiger partial charge >= 0.3 is 0 Å². The molecule has 1 N–H and O–H groups in total. The molecule has 1 aromatic carbocycles. The summed E-state index contributed by atoms with van der Waals surface area (Å²) in [6.07, 6.45) is 3.16. The molecule has 0 saturated carbocycles. The third-order valence-corrected chi connectivity index (χ3v) is 3.06. The number of rotatable bonds is 3. The van der Waals surface area contributed by atoms with Gasteiger partial charge in [0.1, 0.15) is 5.82 Å². The van der Waals surface area contributed by atoms with E-state index in [-0.39, 0.29) is 5.82 Å². The Morgan fingerprint density at radius 3 is 2.38 bits per heavy atom. The van der Waals surface area contributed by atoms with E-state index in [1.165, 1.54) is 17.7 Å². The average molecular weight is 222 g/mol. The van der Waals surface area contributed by atoms with Gasteiger partial charge in [-0.05, 0) is 37.0 Å². The van der Waals surface area contributed by atoms with Gasteiger partial charge in [-0.1, -0.05) is 12.1 Å². The largest absolute Gasteiger partial charge is 0.387 e. The molecule has 1 aliphatic heterocycles. The molecule has 0 unspecified atom stereocenters. The van der Waals surface area contributed by atoms with Crippen molar-refractivity contribution in [3.63, 3.8) is 0 Å². The Labute approximate surface area is 95.7 Å². The Bertz CT molecular complexity index is 317. The van der Waals surface area contributed by atoms with Crippen LogP contribution in [0.25, 0.3) is 0 Å². The van der Waals surface area contributed by atoms with E-state index in [1.807, 2.05) is 12.1 Å². The summed E-state index contributed by atoms with van der Waals surface area (Å²) in [6, 6.07) is 6.68. The molecule has 0 aromatic heterocycles. The highest BCUT2D eigenvalue weighted by Crippen LogP contribution is 2.16. The molecule has 0 bridgehead atoms. The number of piperidine rings is 1. The van der Waals surface area contributed by atoms with E-state index in [1.54, 1.807) is 0 Å². The molecule has 1 saturated heterocycles. The van der Waals surface area contributed by atoms with Crippen LogP contribution in [-0.2, 0) is 6.42 Å². The number of nitrogens with zero attached hydrogens (tertiary/aromatic N) is 1. The molecule has 2 rings (SSSR count). The Morgan fingerprint density at radius 1 is 1.12 bits per heavy atom. The molecule has 1 aromatic rings. The molecule has 87 valence electrons. The van der Waals surface area contributed by atoms with Crippen LogP contribution < -0.4 is 0 Å². The van der Waals surface area contributed by atoms with E-state index in [0.29, 0.717) is 6.10 Å². The first-order valence-corrected chi connectivity index (χ1v) is 5.74. The quantitative estimate of drug-likeness (QED) is 0.848. The molecule has 0 amide bonds. The fourth-order valence-corrected chi connectivity index (χ4v) is 1.97. The van der Waals surface area contributed by atoms with Crippen molar-refractivity contribution >= 4 is 0 Å². The summed E-state index contributed by atoms with van der Waals surface area (Å²) in [5, 5.41) is 9.29. The maximum atomic E-state index is 12.7. The van der Waals surface area contributed by atoms with Gasteiger partial charge in [-0.2, -0.15) is 0 Å². The second-order valence-electron chi connectivity index (χ2n) is 4.28. The maximum Gasteiger partial charge on any atom is 0.123 e. The van der Waals surface area contributed by atoms with Crippen molar-refractivity contribution in [2.75, 3.05) is 19.6 Å². The molecule has 1 aliphatic rings. The zero-order chi connectivity index (χ0) is 11.4. The van der Waals surface area contributed by atoms with Gasteiger partial charge in [0, 0.05) is 19.6 Å². The zero-order valence-electron chi connectivity index (χ0n) is 9.32. The number of aliphatic hydroxyl groups is 1. The van der Waals surface area contributed by atoms with E-state index < -0.39 is 0 Å². The molecule has 2 nitrogen and oxygen atoms in total. The molecule has 1 fully saturated rings. The number of aliphatic hydroxyl groups excluding tert-OH is 1. The summed E-state index contributed by atoms with van der Waals surface area (Å²) in [6.45, 7) is 2.86. The molecule has 1 radical (unpaired) electrons. The predicted octanol–water partition coefficient (Wildman–Crippen LogP) is 2.37. The maximum absolute atomic E-state index is 12.7. The van der Waals surface area contributed by atoms with Crippen molar-refractivity contribution in [3.8, 4) is 0 Å². The van der Waals surface area contributed by atoms with Crippen molar-refractivity contribution in [2.45, 2.75) is 19.3 Å². The first-order valence-electron chi connectivity index (χ1n) is 5.74. The van der Waals surface area contributed by atoms with Crippen molar-refractivity contribution in [3.05, 3.63) is 41.8 Å². The van der Waals surface area contributed by atoms with Crippen molar-refractivity contribution < 1.29 is 9.50 Å². The van der Waals surface area contributed by atoms with Gasteiger partial charge in [-0.25, -0.2) is 4.39 Å². The van der Waals surface area contributed by atoms with Crippen LogP contribution in [0.5, 0.6) is 0 Å². The third-order valence-electron chi connectivity index (χ3n) is 3.06. The Hall–Kier alpha value is -0.930. The minimum Gasteiger partial charge on any atom is -0.387 e. The van der Waals surface area contributed by atoms with Crippen LogP contribution in [0.2, 0.25) is 0 Å². The van der Waals surface area contributed by atoms with E-state index in [9.17, 15) is 9.50 Å². The zero-order valence-corrected chi connectivity index (χ0v) is 9.32. The first kappa shape index (κ1) is 11.6. The summed E-state index contributed by atoms with van der Waals surface area (Å²) in [7, 11) is 0. The fraction of sp³-hybridized carbons (Fsp3) is 0.462. The van der Waals surface area contributed by atoms with Gasteiger partial charge in [0.05, 0.1) is 6.10 Å². The Balaban J connectivity index is 1.77. The lowest BCUT2D eigenvalue weighted by atomic mass is 10.1. The van der Waals surface area contributed by atoms with Crippen molar-refractivity contribution in [1.29, 1.82) is 0 Å². The summed E-state index contributed by atoms with van der Waals surface area (Å²) in [5.74, 6) is -0.179. The van der Waals surface area contributed by atoms with E-state index in [2.05, 4.69) is 4.90 Å². The van der Waals surface area contributed by atoms with Gasteiger partial charge in [0.2, 0.25) is 0 Å². The van der Waals surface area contributed by atoms with Crippen LogP contribution in [0.15, 0.2) is 24.3 Å². The smallest absolute Gasteiger partial charge is 0.123 e. The van der Waals surface area contributed by atoms with Crippen LogP contribution in [-0.4, -0.2) is 29.6 Å². The highest BCUT2D eigenvalue weighted by atomic mass is 19.1. The fourth-order valence-electron chi connectivity index (χ4n) is 1.97. The van der Waals surface area contributed by atoms with E-state index in [0.717, 1.165) is 38.9 Å². The molecule has 3 heteroatoms. The van der Waals surface area contributed by atoms with E-state index >= 15 is 0 Å². The lowest BCUT2D eigenvalue weighted by Crippen LogP contribution is -2.34. The summed E-state index contributed by atoms with van der Waals surface area (Å²) < 4.78 is 12.7. The van der Waals surface area contributed by atoms with Gasteiger partial charge in [-0.15, -0.1) is 0 Å². The summed E-state index contributed by atoms with van der Waals surface area (Å²) in [5.41, 5.74) is 1.17. The second kappa shape index (κ2) is 5.41. The lowest BCUT2D eigenvalue weighted by Gasteiger charge is -2.28. The average Bonchev–Trinajstić information content (AvgIpc) is 2.30. The molecular weight excluding hydrogens is 205 g/mol. The van der Waals surface area contributed by atoms with Crippen LogP contribution in [0, 0.1) is 11.9 Å². The lowest BCUT2D eigenvalue weighted by molar-refractivity contribution is 0.160. The van der Waals surface area contributed by atoms with Crippen LogP contribution >= 0.6 is 0 Å². The third kappa shape index (κ3) is 3.29. The molecular formula is C13H17FNO.